The molecular formula is C11H11BF2O4S. The second-order valence-corrected chi connectivity index (χ2v) is 6.06. The van der Waals surface area contributed by atoms with Crippen LogP contribution in [0.25, 0.3) is 0 Å². The third-order valence-corrected chi connectivity index (χ3v) is 4.86. The third-order valence-electron chi connectivity index (χ3n) is 3.72. The largest absolute Gasteiger partial charge is 0.363 e. The highest BCUT2D eigenvalue weighted by atomic mass is 32.1. The molecule has 0 bridgehead atoms. The molecule has 2 saturated heterocycles. The molecule has 4 nitrogen and oxygen atoms in total. The average molecular weight is 288 g/mol. The number of rotatable bonds is 0. The Hall–Kier alpha value is -0.535. The smallest absolute Gasteiger partial charge is 0.339 e. The van der Waals surface area contributed by atoms with Gasteiger partial charge < -0.3 is 18.9 Å². The van der Waals surface area contributed by atoms with Crippen molar-refractivity contribution in [2.24, 2.45) is 0 Å². The summed E-state index contributed by atoms with van der Waals surface area (Å²) >= 11 is 1.25. The molecular weight excluding hydrogens is 277 g/mol. The van der Waals surface area contributed by atoms with Crippen molar-refractivity contribution >= 4 is 24.0 Å². The Morgan fingerprint density at radius 2 is 1.53 bits per heavy atom. The Morgan fingerprint density at radius 3 is 2.11 bits per heavy atom. The van der Waals surface area contributed by atoms with Gasteiger partial charge in [-0.1, -0.05) is 0 Å². The lowest BCUT2D eigenvalue weighted by molar-refractivity contribution is -0.387. The van der Waals surface area contributed by atoms with E-state index in [1.165, 1.54) is 11.3 Å². The predicted molar refractivity (Wildman–Crippen MR) is 64.6 cm³/mol. The number of halogens is 2. The highest BCUT2D eigenvalue weighted by Gasteiger charge is 2.81. The van der Waals surface area contributed by atoms with Crippen molar-refractivity contribution in [2.45, 2.75) is 17.5 Å². The van der Waals surface area contributed by atoms with Crippen molar-refractivity contribution < 1.29 is 27.7 Å². The molecule has 3 heterocycles. The third kappa shape index (κ3) is 1.18. The lowest BCUT2D eigenvalue weighted by Gasteiger charge is -2.36. The average Bonchev–Trinajstić information content (AvgIpc) is 3.08. The van der Waals surface area contributed by atoms with Gasteiger partial charge in [0.1, 0.15) is 0 Å². The Labute approximate surface area is 113 Å². The highest BCUT2D eigenvalue weighted by Crippen LogP contribution is 2.64. The number of thiophene rings is 1. The van der Waals surface area contributed by atoms with Gasteiger partial charge in [-0.3, -0.25) is 0 Å². The highest BCUT2D eigenvalue weighted by molar-refractivity contribution is 7.20. The first kappa shape index (κ1) is 12.2. The van der Waals surface area contributed by atoms with Crippen LogP contribution in [0.5, 0.6) is 0 Å². The minimum Gasteiger partial charge on any atom is -0.339 e. The molecule has 102 valence electrons. The molecule has 8 heteroatoms. The zero-order valence-electron chi connectivity index (χ0n) is 10.2. The van der Waals surface area contributed by atoms with E-state index < -0.39 is 17.5 Å². The van der Waals surface area contributed by atoms with E-state index >= 15 is 0 Å². The summed E-state index contributed by atoms with van der Waals surface area (Å²) in [7, 11) is 1.85. The van der Waals surface area contributed by atoms with Crippen molar-refractivity contribution in [1.82, 2.24) is 0 Å². The minimum absolute atomic E-state index is 0.139. The topological polar surface area (TPSA) is 36.9 Å². The van der Waals surface area contributed by atoms with Crippen LogP contribution < -0.4 is 4.78 Å². The molecule has 0 saturated carbocycles. The molecule has 1 aromatic heterocycles. The van der Waals surface area contributed by atoms with Crippen LogP contribution >= 0.6 is 11.3 Å². The number of ether oxygens (including phenoxy) is 4. The second-order valence-electron chi connectivity index (χ2n) is 4.80. The van der Waals surface area contributed by atoms with Gasteiger partial charge in [0.05, 0.1) is 31.3 Å². The molecule has 0 radical (unpaired) electrons. The lowest BCUT2D eigenvalue weighted by Crippen LogP contribution is -2.54. The summed E-state index contributed by atoms with van der Waals surface area (Å²) in [5, 5.41) is 0. The van der Waals surface area contributed by atoms with Gasteiger partial charge in [0, 0.05) is 5.56 Å². The standard InChI is InChI=1S/C11H11BF2O4S/c12-7-5-6-8(19-7)10(17-3-4-18-10)11(13,14)9(6)15-1-2-16-9/h5H,1-4,12H2. The Bertz CT molecular complexity index is 491. The monoisotopic (exact) mass is 288 g/mol. The normalized spacial score (nSPS) is 29.4. The van der Waals surface area contributed by atoms with Crippen LogP contribution in [-0.2, 0) is 30.5 Å². The van der Waals surface area contributed by atoms with Gasteiger partial charge in [0.25, 0.3) is 11.6 Å². The van der Waals surface area contributed by atoms with Gasteiger partial charge in [-0.25, -0.2) is 0 Å². The van der Waals surface area contributed by atoms with Crippen LogP contribution in [0.3, 0.4) is 0 Å². The Morgan fingerprint density at radius 1 is 1.00 bits per heavy atom. The van der Waals surface area contributed by atoms with Gasteiger partial charge in [-0.05, 0) is 10.8 Å². The van der Waals surface area contributed by atoms with Crippen molar-refractivity contribution in [3.05, 3.63) is 16.5 Å². The Kier molecular flexibility index (Phi) is 2.29. The number of hydrogen-bond acceptors (Lipinski definition) is 5. The molecule has 19 heavy (non-hydrogen) atoms. The van der Waals surface area contributed by atoms with Crippen molar-refractivity contribution in [2.75, 3.05) is 26.4 Å². The molecule has 4 rings (SSSR count). The SMILES string of the molecule is Bc1cc2c(s1)C1(OCCO1)C(F)(F)C21OCCO1. The summed E-state index contributed by atoms with van der Waals surface area (Å²) in [5.41, 5.74) is 0.347. The lowest BCUT2D eigenvalue weighted by atomic mass is 10.0. The summed E-state index contributed by atoms with van der Waals surface area (Å²) in [6.07, 6.45) is 0. The summed E-state index contributed by atoms with van der Waals surface area (Å²) in [6, 6.07) is 1.68. The van der Waals surface area contributed by atoms with E-state index in [0.717, 1.165) is 4.78 Å². The quantitative estimate of drug-likeness (QED) is 0.632. The summed E-state index contributed by atoms with van der Waals surface area (Å²) in [6.45, 7) is 0.560. The van der Waals surface area contributed by atoms with Crippen LogP contribution in [0.1, 0.15) is 10.4 Å². The van der Waals surface area contributed by atoms with Gasteiger partial charge >= 0.3 is 5.92 Å². The van der Waals surface area contributed by atoms with Crippen molar-refractivity contribution in [3.8, 4) is 0 Å². The maximum Gasteiger partial charge on any atom is 0.363 e. The first-order valence-electron chi connectivity index (χ1n) is 6.08. The molecule has 1 aromatic rings. The summed E-state index contributed by atoms with van der Waals surface area (Å²) in [5.74, 6) is -7.51. The number of hydrogen-bond donors (Lipinski definition) is 0. The van der Waals surface area contributed by atoms with E-state index in [9.17, 15) is 8.78 Å². The molecule has 1 aliphatic carbocycles. The fraction of sp³-hybridized carbons (Fsp3) is 0.636. The van der Waals surface area contributed by atoms with Crippen LogP contribution in [-0.4, -0.2) is 40.2 Å². The fourth-order valence-corrected chi connectivity index (χ4v) is 4.19. The molecule has 0 atom stereocenters. The van der Waals surface area contributed by atoms with E-state index in [1.54, 1.807) is 6.07 Å². The maximum atomic E-state index is 14.9. The zero-order valence-corrected chi connectivity index (χ0v) is 11.0. The van der Waals surface area contributed by atoms with E-state index in [2.05, 4.69) is 0 Å². The number of alkyl halides is 2. The van der Waals surface area contributed by atoms with Crippen LogP contribution in [0, 0.1) is 0 Å². The van der Waals surface area contributed by atoms with Crippen molar-refractivity contribution in [1.29, 1.82) is 0 Å². The van der Waals surface area contributed by atoms with Gasteiger partial charge in [0.15, 0.2) is 7.85 Å². The maximum absolute atomic E-state index is 14.9. The zero-order chi connectivity index (χ0) is 13.3. The fourth-order valence-electron chi connectivity index (χ4n) is 3.01. The first-order chi connectivity index (χ1) is 9.04. The van der Waals surface area contributed by atoms with Gasteiger partial charge in [-0.2, -0.15) is 8.78 Å². The number of fused-ring (bicyclic) bond motifs is 3. The summed E-state index contributed by atoms with van der Waals surface area (Å²) < 4.78 is 52.0. The molecule has 0 aromatic carbocycles. The van der Waals surface area contributed by atoms with E-state index in [0.29, 0.717) is 10.4 Å². The van der Waals surface area contributed by atoms with E-state index in [4.69, 9.17) is 18.9 Å². The molecule has 2 fully saturated rings. The van der Waals surface area contributed by atoms with Gasteiger partial charge in [0.2, 0.25) is 0 Å². The van der Waals surface area contributed by atoms with E-state index in [1.807, 2.05) is 7.85 Å². The van der Waals surface area contributed by atoms with Crippen LogP contribution in [0.4, 0.5) is 8.78 Å². The van der Waals surface area contributed by atoms with E-state index in [-0.39, 0.29) is 26.4 Å². The molecule has 0 amide bonds. The molecule has 0 unspecified atom stereocenters. The van der Waals surface area contributed by atoms with Crippen molar-refractivity contribution in [3.63, 3.8) is 0 Å². The van der Waals surface area contributed by atoms with Crippen LogP contribution in [0.15, 0.2) is 6.07 Å². The molecule has 3 aliphatic rings. The van der Waals surface area contributed by atoms with Crippen LogP contribution in [0.2, 0.25) is 0 Å². The first-order valence-corrected chi connectivity index (χ1v) is 6.90. The molecule has 2 aliphatic heterocycles. The predicted octanol–water partition coefficient (Wildman–Crippen LogP) is 0.0546. The minimum atomic E-state index is -3.40. The Balaban J connectivity index is 1.99. The summed E-state index contributed by atoms with van der Waals surface area (Å²) in [4.78, 5) is 0.370. The molecule has 2 spiro atoms. The van der Waals surface area contributed by atoms with Gasteiger partial charge in [-0.15, -0.1) is 11.3 Å². The molecule has 0 N–H and O–H groups in total. The second kappa shape index (κ2) is 3.56.